The number of aromatic nitrogens is 2. The first-order chi connectivity index (χ1) is 9.24. The molecule has 4 nitrogen and oxygen atoms in total. The van der Waals surface area contributed by atoms with Crippen LogP contribution in [-0.4, -0.2) is 41.3 Å². The maximum absolute atomic E-state index is 7.89. The maximum Gasteiger partial charge on any atom is 0.152 e. The minimum Gasteiger partial charge on any atom is -0.364 e. The zero-order chi connectivity index (χ0) is 13.2. The van der Waals surface area contributed by atoms with E-state index in [1.54, 1.807) is 0 Å². The third-order valence-electron chi connectivity index (χ3n) is 4.05. The van der Waals surface area contributed by atoms with Gasteiger partial charge >= 0.3 is 0 Å². The lowest BCUT2D eigenvalue weighted by molar-refractivity contribution is 0.260. The predicted octanol–water partition coefficient (Wildman–Crippen LogP) is 1.86. The van der Waals surface area contributed by atoms with Crippen molar-refractivity contribution in [3.63, 3.8) is 0 Å². The molecule has 1 aromatic heterocycles. The Morgan fingerprint density at radius 1 is 1.39 bits per heavy atom. The van der Waals surface area contributed by atoms with E-state index < -0.39 is 0 Å². The summed E-state index contributed by atoms with van der Waals surface area (Å²) >= 11 is 0. The van der Waals surface area contributed by atoms with Gasteiger partial charge in [0.25, 0.3) is 0 Å². The van der Waals surface area contributed by atoms with Crippen molar-refractivity contribution in [1.82, 2.24) is 15.1 Å². The Hall–Kier alpha value is -1.16. The second-order valence-corrected chi connectivity index (χ2v) is 5.57. The number of likely N-dealkylation sites (tertiary alicyclic amines) is 1. The number of likely N-dealkylation sites (N-methyl/N-ethyl adjacent to an activating group) is 1. The summed E-state index contributed by atoms with van der Waals surface area (Å²) in [6.45, 7) is 2.26. The first-order valence-corrected chi connectivity index (χ1v) is 7.04. The lowest BCUT2D eigenvalue weighted by Crippen LogP contribution is -2.40. The quantitative estimate of drug-likeness (QED) is 0.866. The van der Waals surface area contributed by atoms with Gasteiger partial charge in [0.2, 0.25) is 0 Å². The molecule has 98 valence electrons. The first-order valence-electron chi connectivity index (χ1n) is 7.54. The highest BCUT2D eigenvalue weighted by atomic mass is 15.2. The van der Waals surface area contributed by atoms with Crippen LogP contribution in [0.5, 0.6) is 0 Å². The number of anilines is 1. The van der Waals surface area contributed by atoms with Crippen molar-refractivity contribution in [3.05, 3.63) is 17.3 Å². The molecule has 3 rings (SSSR count). The van der Waals surface area contributed by atoms with Crippen LogP contribution in [0.1, 0.15) is 38.2 Å². The van der Waals surface area contributed by atoms with Gasteiger partial charge in [0.1, 0.15) is 0 Å². The maximum atomic E-state index is 7.89. The fourth-order valence-electron chi connectivity index (χ4n) is 3.08. The van der Waals surface area contributed by atoms with E-state index in [9.17, 15) is 0 Å². The van der Waals surface area contributed by atoms with E-state index >= 15 is 0 Å². The molecular formula is C14H22N4. The van der Waals surface area contributed by atoms with E-state index in [0.717, 1.165) is 30.8 Å². The van der Waals surface area contributed by atoms with Crippen molar-refractivity contribution in [3.8, 4) is 0 Å². The van der Waals surface area contributed by atoms with Crippen LogP contribution in [0.25, 0.3) is 0 Å². The fraction of sp³-hybridized carbons (Fsp3) is 0.714. The summed E-state index contributed by atoms with van der Waals surface area (Å²) in [5, 5.41) is 11.8. The highest BCUT2D eigenvalue weighted by Gasteiger charge is 2.20. The molecule has 2 aliphatic rings. The van der Waals surface area contributed by atoms with Crippen molar-refractivity contribution in [2.75, 3.05) is 25.5 Å². The fourth-order valence-corrected chi connectivity index (χ4v) is 3.08. The van der Waals surface area contributed by atoms with E-state index in [1.165, 1.54) is 37.8 Å². The first kappa shape index (κ1) is 10.7. The van der Waals surface area contributed by atoms with Gasteiger partial charge in [-0.05, 0) is 57.7 Å². The van der Waals surface area contributed by atoms with Crippen LogP contribution >= 0.6 is 0 Å². The molecule has 0 spiro atoms. The zero-order valence-corrected chi connectivity index (χ0v) is 11.1. The van der Waals surface area contributed by atoms with E-state index in [4.69, 9.17) is 1.37 Å². The SMILES string of the molecule is [2H]c1nnc(N[C@@H]2CCCN(C)C2)c2c1CCCC2. The van der Waals surface area contributed by atoms with Crippen LogP contribution in [0.2, 0.25) is 0 Å². The molecule has 0 radical (unpaired) electrons. The van der Waals surface area contributed by atoms with Crippen LogP contribution in [0.3, 0.4) is 0 Å². The molecule has 1 saturated heterocycles. The molecule has 1 fully saturated rings. The van der Waals surface area contributed by atoms with Crippen LogP contribution < -0.4 is 5.32 Å². The van der Waals surface area contributed by atoms with Crippen molar-refractivity contribution >= 4 is 5.82 Å². The molecule has 0 amide bonds. The lowest BCUT2D eigenvalue weighted by Gasteiger charge is -2.31. The highest BCUT2D eigenvalue weighted by molar-refractivity contribution is 5.48. The molecule has 0 aromatic carbocycles. The zero-order valence-electron chi connectivity index (χ0n) is 12.1. The van der Waals surface area contributed by atoms with Gasteiger partial charge in [-0.3, -0.25) is 0 Å². The van der Waals surface area contributed by atoms with Gasteiger partial charge < -0.3 is 10.2 Å². The largest absolute Gasteiger partial charge is 0.364 e. The van der Waals surface area contributed by atoms with Gasteiger partial charge in [-0.15, -0.1) is 5.10 Å². The summed E-state index contributed by atoms with van der Waals surface area (Å²) in [5.41, 5.74) is 2.37. The molecule has 1 aliphatic heterocycles. The van der Waals surface area contributed by atoms with Crippen LogP contribution in [0, 0.1) is 0 Å². The van der Waals surface area contributed by atoms with E-state index in [1.807, 2.05) is 0 Å². The smallest absolute Gasteiger partial charge is 0.152 e. The molecule has 2 heterocycles. The van der Waals surface area contributed by atoms with E-state index in [-0.39, 0.29) is 0 Å². The third-order valence-corrected chi connectivity index (χ3v) is 4.05. The monoisotopic (exact) mass is 247 g/mol. The summed E-state index contributed by atoms with van der Waals surface area (Å²) < 4.78 is 7.89. The van der Waals surface area contributed by atoms with Crippen LogP contribution in [-0.2, 0) is 12.8 Å². The summed E-state index contributed by atoms with van der Waals surface area (Å²) in [5.74, 6) is 0.936. The normalized spacial score (nSPS) is 25.4. The van der Waals surface area contributed by atoms with Gasteiger partial charge in [0.05, 0.1) is 7.54 Å². The molecule has 18 heavy (non-hydrogen) atoms. The number of nitrogens with zero attached hydrogens (tertiary/aromatic N) is 3. The minimum atomic E-state index is 0.376. The molecule has 1 atom stereocenters. The van der Waals surface area contributed by atoms with Gasteiger partial charge in [-0.25, -0.2) is 0 Å². The second kappa shape index (κ2) is 5.22. The number of hydrogen-bond donors (Lipinski definition) is 1. The number of rotatable bonds is 2. The highest BCUT2D eigenvalue weighted by Crippen LogP contribution is 2.26. The van der Waals surface area contributed by atoms with E-state index in [0.29, 0.717) is 12.2 Å². The Balaban J connectivity index is 1.81. The average Bonchev–Trinajstić information content (AvgIpc) is 2.42. The Morgan fingerprint density at radius 2 is 2.28 bits per heavy atom. The molecule has 0 saturated carbocycles. The molecule has 4 heteroatoms. The Bertz CT molecular complexity index is 463. The third kappa shape index (κ3) is 2.48. The number of piperidine rings is 1. The van der Waals surface area contributed by atoms with Crippen LogP contribution in [0.15, 0.2) is 6.17 Å². The van der Waals surface area contributed by atoms with Gasteiger partial charge in [0, 0.05) is 18.2 Å². The van der Waals surface area contributed by atoms with Gasteiger partial charge in [-0.1, -0.05) is 0 Å². The molecule has 1 aromatic rings. The molecular weight excluding hydrogens is 224 g/mol. The summed E-state index contributed by atoms with van der Waals surface area (Å²) in [6, 6.07) is 0.468. The number of hydrogen-bond acceptors (Lipinski definition) is 4. The second-order valence-electron chi connectivity index (χ2n) is 5.57. The molecule has 0 bridgehead atoms. The number of nitrogens with one attached hydrogen (secondary N) is 1. The molecule has 1 aliphatic carbocycles. The topological polar surface area (TPSA) is 41.1 Å². The molecule has 0 unspecified atom stereocenters. The summed E-state index contributed by atoms with van der Waals surface area (Å²) in [6.07, 6.45) is 7.23. The Labute approximate surface area is 110 Å². The molecule has 1 N–H and O–H groups in total. The van der Waals surface area contributed by atoms with Gasteiger partial charge in [0.15, 0.2) is 5.82 Å². The van der Waals surface area contributed by atoms with Crippen LogP contribution in [0.4, 0.5) is 5.82 Å². The standard InChI is InChI=1S/C14H22N4/c1-18-8-4-6-12(10-18)16-14-13-7-3-2-5-11(13)9-15-17-14/h9,12H,2-8,10H2,1H3,(H,16,17)/t12-/m1/s1/i9D. The van der Waals surface area contributed by atoms with Crippen molar-refractivity contribution in [2.24, 2.45) is 0 Å². The number of fused-ring (bicyclic) bond motifs is 1. The Morgan fingerprint density at radius 3 is 3.17 bits per heavy atom. The van der Waals surface area contributed by atoms with Crippen molar-refractivity contribution in [2.45, 2.75) is 44.6 Å². The Kier molecular flexibility index (Phi) is 3.12. The van der Waals surface area contributed by atoms with Crippen molar-refractivity contribution < 1.29 is 1.37 Å². The van der Waals surface area contributed by atoms with Crippen molar-refractivity contribution in [1.29, 1.82) is 0 Å². The van der Waals surface area contributed by atoms with E-state index in [2.05, 4.69) is 27.5 Å². The summed E-state index contributed by atoms with van der Waals surface area (Å²) in [4.78, 5) is 2.36. The average molecular weight is 247 g/mol. The van der Waals surface area contributed by atoms with Gasteiger partial charge in [-0.2, -0.15) is 5.10 Å². The predicted molar refractivity (Wildman–Crippen MR) is 72.8 cm³/mol. The summed E-state index contributed by atoms with van der Waals surface area (Å²) in [7, 11) is 2.17. The lowest BCUT2D eigenvalue weighted by atomic mass is 9.93. The minimum absolute atomic E-state index is 0.376.